The number of aromatic nitrogens is 2. The summed E-state index contributed by atoms with van der Waals surface area (Å²) in [6, 6.07) is 5.41. The molecule has 3 heterocycles. The van der Waals surface area contributed by atoms with Gasteiger partial charge in [-0.2, -0.15) is 0 Å². The van der Waals surface area contributed by atoms with Gasteiger partial charge in [0.05, 0.1) is 41.2 Å². The molecule has 4 rings (SSSR count). The average molecular weight is 515 g/mol. The molecule has 1 amide bonds. The molecule has 1 aliphatic heterocycles. The first-order valence-corrected chi connectivity index (χ1v) is 12.6. The summed E-state index contributed by atoms with van der Waals surface area (Å²) in [7, 11) is 1.57. The van der Waals surface area contributed by atoms with Crippen LogP contribution in [0.15, 0.2) is 35.3 Å². The van der Waals surface area contributed by atoms with Crippen LogP contribution >= 0.6 is 22.9 Å². The predicted octanol–water partition coefficient (Wildman–Crippen LogP) is 3.81. The van der Waals surface area contributed by atoms with E-state index in [-0.39, 0.29) is 0 Å². The third-order valence-electron chi connectivity index (χ3n) is 6.65. The van der Waals surface area contributed by atoms with Gasteiger partial charge in [0.15, 0.2) is 0 Å². The molecule has 1 fully saturated rings. The maximum absolute atomic E-state index is 12.7. The van der Waals surface area contributed by atoms with Gasteiger partial charge in [0.1, 0.15) is 11.4 Å². The molecule has 8 nitrogen and oxygen atoms in total. The number of pyridine rings is 1. The maximum atomic E-state index is 12.7. The summed E-state index contributed by atoms with van der Waals surface area (Å²) in [5.74, 6) is 6.38. The Morgan fingerprint density at radius 1 is 1.37 bits per heavy atom. The normalized spacial score (nSPS) is 16.3. The number of amides is 1. The monoisotopic (exact) mass is 514 g/mol. The number of hydrogen-bond donors (Lipinski definition) is 3. The van der Waals surface area contributed by atoms with Gasteiger partial charge >= 0.3 is 0 Å². The van der Waals surface area contributed by atoms with Crippen molar-refractivity contribution in [2.24, 2.45) is 5.41 Å². The summed E-state index contributed by atoms with van der Waals surface area (Å²) in [4.78, 5) is 23.4. The number of benzene rings is 1. The molecule has 1 atom stereocenters. The van der Waals surface area contributed by atoms with Crippen molar-refractivity contribution in [1.29, 1.82) is 0 Å². The molecule has 3 aromatic rings. The molecule has 10 heteroatoms. The number of aliphatic hydroxyl groups excluding tert-OH is 1. The summed E-state index contributed by atoms with van der Waals surface area (Å²) < 4.78 is 5.32. The van der Waals surface area contributed by atoms with Crippen molar-refractivity contribution in [3.63, 3.8) is 0 Å². The highest BCUT2D eigenvalue weighted by molar-refractivity contribution is 7.07. The van der Waals surface area contributed by atoms with E-state index in [2.05, 4.69) is 26.7 Å². The van der Waals surface area contributed by atoms with Crippen LogP contribution in [0.2, 0.25) is 5.02 Å². The van der Waals surface area contributed by atoms with E-state index < -0.39 is 17.4 Å². The minimum Gasteiger partial charge on any atom is -0.497 e. The van der Waals surface area contributed by atoms with Crippen LogP contribution in [0.1, 0.15) is 43.0 Å². The molecule has 1 aromatic carbocycles. The van der Waals surface area contributed by atoms with Gasteiger partial charge in [0.25, 0.3) is 0 Å². The van der Waals surface area contributed by atoms with Gasteiger partial charge < -0.3 is 9.84 Å². The first-order chi connectivity index (χ1) is 17.0. The van der Waals surface area contributed by atoms with Crippen molar-refractivity contribution >= 4 is 39.7 Å². The second-order valence-corrected chi connectivity index (χ2v) is 9.76. The summed E-state index contributed by atoms with van der Waals surface area (Å²) in [5, 5.41) is 23.5. The number of nitrogens with zero attached hydrogens (tertiary/aromatic N) is 3. The van der Waals surface area contributed by atoms with Gasteiger partial charge in [-0.1, -0.05) is 17.5 Å². The number of fused-ring (bicyclic) bond motifs is 1. The number of piperidine rings is 1. The number of hydrogen-bond acceptors (Lipinski definition) is 8. The molecule has 0 radical (unpaired) electrons. The zero-order chi connectivity index (χ0) is 24.8. The van der Waals surface area contributed by atoms with Crippen LogP contribution in [0.25, 0.3) is 10.9 Å². The van der Waals surface area contributed by atoms with Gasteiger partial charge in [-0.25, -0.2) is 10.5 Å². The van der Waals surface area contributed by atoms with E-state index in [0.717, 1.165) is 5.69 Å². The van der Waals surface area contributed by atoms with E-state index in [1.165, 1.54) is 17.5 Å². The lowest BCUT2D eigenvalue weighted by Gasteiger charge is -2.40. The second-order valence-electron chi connectivity index (χ2n) is 8.63. The molecule has 0 unspecified atom stereocenters. The number of methoxy groups -OCH3 is 1. The van der Waals surface area contributed by atoms with Gasteiger partial charge in [-0.05, 0) is 49.8 Å². The largest absolute Gasteiger partial charge is 0.497 e. The van der Waals surface area contributed by atoms with E-state index in [1.54, 1.807) is 24.8 Å². The van der Waals surface area contributed by atoms with Crippen LogP contribution in [-0.2, 0) is 4.79 Å². The SMILES string of the molecule is COc1ccc2ncc(Cl)c([C@H](O)CCC3(C(=O)NO)CCN(CC#Cc4cscn4)CC3)c2c1. The summed E-state index contributed by atoms with van der Waals surface area (Å²) in [6.45, 7) is 1.90. The molecule has 2 aromatic heterocycles. The number of halogens is 1. The Bertz CT molecular complexity index is 1230. The van der Waals surface area contributed by atoms with Crippen molar-refractivity contribution in [3.05, 3.63) is 51.6 Å². The number of thiazole rings is 1. The number of likely N-dealkylation sites (tertiary alicyclic amines) is 1. The first-order valence-electron chi connectivity index (χ1n) is 11.3. The molecule has 0 bridgehead atoms. The van der Waals surface area contributed by atoms with Crippen molar-refractivity contribution in [1.82, 2.24) is 20.3 Å². The Labute approximate surface area is 212 Å². The molecule has 0 aliphatic carbocycles. The van der Waals surface area contributed by atoms with Gasteiger partial charge in [0, 0.05) is 35.6 Å². The quantitative estimate of drug-likeness (QED) is 0.250. The average Bonchev–Trinajstić information content (AvgIpc) is 3.40. The fraction of sp³-hybridized carbons (Fsp3) is 0.400. The van der Waals surface area contributed by atoms with E-state index in [0.29, 0.717) is 72.6 Å². The van der Waals surface area contributed by atoms with Crippen LogP contribution in [0.4, 0.5) is 0 Å². The fourth-order valence-corrected chi connectivity index (χ4v) is 5.32. The number of nitrogens with one attached hydrogen (secondary N) is 1. The molecule has 35 heavy (non-hydrogen) atoms. The number of carbonyl (C=O) groups is 1. The molecule has 184 valence electrons. The zero-order valence-corrected chi connectivity index (χ0v) is 20.9. The third-order valence-corrected chi connectivity index (χ3v) is 7.53. The van der Waals surface area contributed by atoms with Crippen LogP contribution in [0.5, 0.6) is 5.75 Å². The van der Waals surface area contributed by atoms with Crippen molar-refractivity contribution in [3.8, 4) is 17.6 Å². The lowest BCUT2D eigenvalue weighted by molar-refractivity contribution is -0.143. The zero-order valence-electron chi connectivity index (χ0n) is 19.3. The molecule has 0 saturated carbocycles. The smallest absolute Gasteiger partial charge is 0.249 e. The Kier molecular flexibility index (Phi) is 8.21. The van der Waals surface area contributed by atoms with Crippen LogP contribution in [-0.4, -0.2) is 57.8 Å². The molecule has 1 aliphatic rings. The maximum Gasteiger partial charge on any atom is 0.249 e. The first kappa shape index (κ1) is 25.4. The number of carbonyl (C=O) groups excluding carboxylic acids is 1. The number of ether oxygens (including phenoxy) is 1. The van der Waals surface area contributed by atoms with Gasteiger partial charge in [-0.3, -0.25) is 19.9 Å². The van der Waals surface area contributed by atoms with Crippen LogP contribution in [0, 0.1) is 17.3 Å². The molecule has 0 spiro atoms. The third kappa shape index (κ3) is 5.74. The standard InChI is InChI=1S/C25H27ClN4O4S/c1-34-18-4-5-21-19(13-18)23(20(26)14-27-21)22(31)6-7-25(24(32)29-33)8-11-30(12-9-25)10-2-3-17-15-35-16-28-17/h4-5,13-16,22,31,33H,6-12H2,1H3,(H,29,32)/t22-/m1/s1. The second kappa shape index (κ2) is 11.3. The topological polar surface area (TPSA) is 108 Å². The lowest BCUT2D eigenvalue weighted by atomic mass is 9.73. The summed E-state index contributed by atoms with van der Waals surface area (Å²) in [6.07, 6.45) is 2.39. The minimum atomic E-state index is -0.912. The van der Waals surface area contributed by atoms with E-state index in [9.17, 15) is 15.1 Å². The summed E-state index contributed by atoms with van der Waals surface area (Å²) in [5.41, 5.74) is 4.82. The molecular formula is C25H27ClN4O4S. The molecule has 1 saturated heterocycles. The highest BCUT2D eigenvalue weighted by Gasteiger charge is 2.41. The van der Waals surface area contributed by atoms with Crippen molar-refractivity contribution in [2.75, 3.05) is 26.7 Å². The minimum absolute atomic E-state index is 0.299. The lowest BCUT2D eigenvalue weighted by Crippen LogP contribution is -2.48. The molecule has 3 N–H and O–H groups in total. The van der Waals surface area contributed by atoms with Crippen LogP contribution in [0.3, 0.4) is 0 Å². The van der Waals surface area contributed by atoms with E-state index >= 15 is 0 Å². The van der Waals surface area contributed by atoms with Gasteiger partial charge in [0.2, 0.25) is 5.91 Å². The Morgan fingerprint density at radius 2 is 2.17 bits per heavy atom. The summed E-state index contributed by atoms with van der Waals surface area (Å²) >= 11 is 7.94. The highest BCUT2D eigenvalue weighted by Crippen LogP contribution is 2.41. The van der Waals surface area contributed by atoms with Gasteiger partial charge in [-0.15, -0.1) is 11.3 Å². The highest BCUT2D eigenvalue weighted by atomic mass is 35.5. The fourth-order valence-electron chi connectivity index (χ4n) is 4.56. The van der Waals surface area contributed by atoms with Crippen molar-refractivity contribution in [2.45, 2.75) is 31.8 Å². The van der Waals surface area contributed by atoms with E-state index in [4.69, 9.17) is 16.3 Å². The van der Waals surface area contributed by atoms with Crippen LogP contribution < -0.4 is 10.2 Å². The Morgan fingerprint density at radius 3 is 2.86 bits per heavy atom. The van der Waals surface area contributed by atoms with Crippen molar-refractivity contribution < 1.29 is 19.8 Å². The Balaban J connectivity index is 1.46. The molecular weight excluding hydrogens is 488 g/mol. The number of aliphatic hydroxyl groups is 1. The number of hydroxylamine groups is 1. The number of rotatable bonds is 7. The van der Waals surface area contributed by atoms with E-state index in [1.807, 2.05) is 16.9 Å². The Hall–Kier alpha value is -2.74. The predicted molar refractivity (Wildman–Crippen MR) is 135 cm³/mol.